The zero-order valence-electron chi connectivity index (χ0n) is 12.4. The third kappa shape index (κ3) is 2.64. The fourth-order valence-corrected chi connectivity index (χ4v) is 3.67. The van der Waals surface area contributed by atoms with E-state index in [1.165, 1.54) is 11.6 Å². The highest BCUT2D eigenvalue weighted by molar-refractivity contribution is 7.14. The number of hydrogen-bond donors (Lipinski definition) is 2. The normalized spacial score (nSPS) is 23.1. The van der Waals surface area contributed by atoms with Gasteiger partial charge in [0.05, 0.1) is 5.56 Å². The Kier molecular flexibility index (Phi) is 3.53. The summed E-state index contributed by atoms with van der Waals surface area (Å²) in [6, 6.07) is 11.6. The van der Waals surface area contributed by atoms with Crippen molar-refractivity contribution >= 4 is 23.2 Å². The van der Waals surface area contributed by atoms with Crippen molar-refractivity contribution in [2.45, 2.75) is 31.7 Å². The molecule has 2 aromatic rings. The third-order valence-corrected chi connectivity index (χ3v) is 5.25. The zero-order valence-corrected chi connectivity index (χ0v) is 13.2. The molecule has 2 N–H and O–H groups in total. The number of benzene rings is 1. The van der Waals surface area contributed by atoms with Gasteiger partial charge in [-0.3, -0.25) is 4.79 Å². The van der Waals surface area contributed by atoms with Crippen LogP contribution in [0.4, 0.5) is 0 Å². The maximum atomic E-state index is 12.4. The van der Waals surface area contributed by atoms with Gasteiger partial charge in [0.15, 0.2) is 0 Å². The first-order valence-corrected chi connectivity index (χ1v) is 7.93. The maximum absolute atomic E-state index is 12.4. The van der Waals surface area contributed by atoms with Crippen LogP contribution in [0, 0.1) is 6.92 Å². The maximum Gasteiger partial charge on any atom is 0.345 e. The Balaban J connectivity index is 1.74. The van der Waals surface area contributed by atoms with Gasteiger partial charge in [-0.05, 0) is 31.9 Å². The summed E-state index contributed by atoms with van der Waals surface area (Å²) in [5.41, 5.74) is 1.43. The van der Waals surface area contributed by atoms with Crippen molar-refractivity contribution in [2.24, 2.45) is 0 Å². The molecule has 0 aliphatic heterocycles. The molecule has 4 nitrogen and oxygen atoms in total. The van der Waals surface area contributed by atoms with Crippen molar-refractivity contribution in [2.75, 3.05) is 0 Å². The lowest BCUT2D eigenvalue weighted by molar-refractivity contribution is 0.0702. The van der Waals surface area contributed by atoms with Gasteiger partial charge < -0.3 is 10.4 Å². The van der Waals surface area contributed by atoms with Crippen molar-refractivity contribution in [3.8, 4) is 0 Å². The average molecular weight is 315 g/mol. The first-order chi connectivity index (χ1) is 10.4. The predicted molar refractivity (Wildman–Crippen MR) is 85.7 cm³/mol. The van der Waals surface area contributed by atoms with E-state index in [4.69, 9.17) is 5.11 Å². The number of hydrogen-bond acceptors (Lipinski definition) is 3. The zero-order chi connectivity index (χ0) is 15.9. The molecule has 3 rings (SSSR count). The minimum Gasteiger partial charge on any atom is -0.477 e. The molecule has 0 radical (unpaired) electrons. The summed E-state index contributed by atoms with van der Waals surface area (Å²) in [4.78, 5) is 24.4. The van der Waals surface area contributed by atoms with Crippen molar-refractivity contribution < 1.29 is 14.7 Å². The van der Waals surface area contributed by atoms with Crippen LogP contribution >= 0.6 is 11.3 Å². The van der Waals surface area contributed by atoms with Gasteiger partial charge >= 0.3 is 5.97 Å². The number of carboxylic acid groups (broad SMARTS) is 1. The van der Waals surface area contributed by atoms with Gasteiger partial charge in [-0.15, -0.1) is 11.3 Å². The number of aromatic carboxylic acids is 1. The minimum absolute atomic E-state index is 0.192. The van der Waals surface area contributed by atoms with Crippen LogP contribution in [0.1, 0.15) is 49.7 Å². The highest BCUT2D eigenvalue weighted by Crippen LogP contribution is 2.51. The van der Waals surface area contributed by atoms with E-state index in [9.17, 15) is 9.59 Å². The van der Waals surface area contributed by atoms with E-state index >= 15 is 0 Å². The fraction of sp³-hybridized carbons (Fsp3) is 0.294. The number of rotatable bonds is 4. The SMILES string of the molecule is Cc1sc(C(=O)O)cc1C(=O)N[C@@]1(C)C[C@@H]1c1ccccc1. The number of carbonyl (C=O) groups is 2. The molecule has 0 bridgehead atoms. The Bertz CT molecular complexity index is 738. The van der Waals surface area contributed by atoms with Crippen LogP contribution in [0.2, 0.25) is 0 Å². The molecule has 114 valence electrons. The fourth-order valence-electron chi connectivity index (χ4n) is 2.81. The number of amides is 1. The van der Waals surface area contributed by atoms with E-state index in [1.807, 2.05) is 25.1 Å². The molecular weight excluding hydrogens is 298 g/mol. The second-order valence-electron chi connectivity index (χ2n) is 5.92. The Morgan fingerprint density at radius 2 is 2.00 bits per heavy atom. The Morgan fingerprint density at radius 3 is 2.59 bits per heavy atom. The van der Waals surface area contributed by atoms with Gasteiger partial charge in [-0.25, -0.2) is 4.79 Å². The molecule has 1 fully saturated rings. The van der Waals surface area contributed by atoms with Crippen LogP contribution in [0.25, 0.3) is 0 Å². The number of carboxylic acids is 1. The smallest absolute Gasteiger partial charge is 0.345 e. The molecule has 2 atom stereocenters. The summed E-state index contributed by atoms with van der Waals surface area (Å²) in [6.07, 6.45) is 0.901. The van der Waals surface area contributed by atoms with Crippen molar-refractivity contribution in [1.29, 1.82) is 0 Å². The lowest BCUT2D eigenvalue weighted by atomic mass is 10.1. The van der Waals surface area contributed by atoms with Gasteiger partial charge in [0, 0.05) is 16.3 Å². The highest BCUT2D eigenvalue weighted by atomic mass is 32.1. The quantitative estimate of drug-likeness (QED) is 0.908. The van der Waals surface area contributed by atoms with Crippen molar-refractivity contribution in [3.05, 3.63) is 57.3 Å². The lowest BCUT2D eigenvalue weighted by Gasteiger charge is -2.14. The van der Waals surface area contributed by atoms with Gasteiger partial charge in [0.25, 0.3) is 5.91 Å². The highest BCUT2D eigenvalue weighted by Gasteiger charge is 2.52. The summed E-state index contributed by atoms with van der Waals surface area (Å²) in [5, 5.41) is 12.1. The molecule has 5 heteroatoms. The van der Waals surface area contributed by atoms with Gasteiger partial charge in [-0.1, -0.05) is 30.3 Å². The second kappa shape index (κ2) is 5.25. The summed E-state index contributed by atoms with van der Waals surface area (Å²) in [5.74, 6) is -0.871. The van der Waals surface area contributed by atoms with E-state index < -0.39 is 5.97 Å². The molecule has 22 heavy (non-hydrogen) atoms. The topological polar surface area (TPSA) is 66.4 Å². The van der Waals surface area contributed by atoms with Gasteiger partial charge in [0.1, 0.15) is 4.88 Å². The number of carbonyl (C=O) groups excluding carboxylic acids is 1. The summed E-state index contributed by atoms with van der Waals surface area (Å²) >= 11 is 1.13. The van der Waals surface area contributed by atoms with Crippen LogP contribution in [0.3, 0.4) is 0 Å². The first-order valence-electron chi connectivity index (χ1n) is 7.12. The molecular formula is C17H17NO3S. The van der Waals surface area contributed by atoms with E-state index in [-0.39, 0.29) is 16.3 Å². The summed E-state index contributed by atoms with van der Waals surface area (Å²) < 4.78 is 0. The lowest BCUT2D eigenvalue weighted by Crippen LogP contribution is -2.35. The largest absolute Gasteiger partial charge is 0.477 e. The molecule has 1 saturated carbocycles. The van der Waals surface area contributed by atoms with E-state index in [1.54, 1.807) is 6.92 Å². The Hall–Kier alpha value is -2.14. The molecule has 1 heterocycles. The summed E-state index contributed by atoms with van der Waals surface area (Å²) in [6.45, 7) is 3.80. The predicted octanol–water partition coefficient (Wildman–Crippen LogP) is 3.43. The number of thiophene rings is 1. The molecule has 0 unspecified atom stereocenters. The number of nitrogens with one attached hydrogen (secondary N) is 1. The van der Waals surface area contributed by atoms with Crippen LogP contribution in [0.5, 0.6) is 0 Å². The van der Waals surface area contributed by atoms with Crippen molar-refractivity contribution in [1.82, 2.24) is 5.32 Å². The molecule has 1 aromatic carbocycles. The second-order valence-corrected chi connectivity index (χ2v) is 7.18. The van der Waals surface area contributed by atoms with Crippen LogP contribution in [-0.4, -0.2) is 22.5 Å². The van der Waals surface area contributed by atoms with Gasteiger partial charge in [0.2, 0.25) is 0 Å². The Morgan fingerprint density at radius 1 is 1.32 bits per heavy atom. The monoisotopic (exact) mass is 315 g/mol. The summed E-state index contributed by atoms with van der Waals surface area (Å²) in [7, 11) is 0. The van der Waals surface area contributed by atoms with Crippen molar-refractivity contribution in [3.63, 3.8) is 0 Å². The van der Waals surface area contributed by atoms with E-state index in [0.717, 1.165) is 22.6 Å². The van der Waals surface area contributed by atoms with Crippen LogP contribution < -0.4 is 5.32 Å². The van der Waals surface area contributed by atoms with E-state index in [2.05, 4.69) is 17.4 Å². The number of aryl methyl sites for hydroxylation is 1. The molecule has 0 saturated heterocycles. The van der Waals surface area contributed by atoms with Crippen LogP contribution in [0.15, 0.2) is 36.4 Å². The molecule has 0 spiro atoms. The molecule has 1 amide bonds. The van der Waals surface area contributed by atoms with Crippen LogP contribution in [-0.2, 0) is 0 Å². The Labute approximate surface area is 132 Å². The van der Waals surface area contributed by atoms with E-state index in [0.29, 0.717) is 11.5 Å². The molecule has 1 aliphatic carbocycles. The minimum atomic E-state index is -0.994. The molecule has 1 aliphatic rings. The molecule has 1 aromatic heterocycles. The first kappa shape index (κ1) is 14.8. The van der Waals surface area contributed by atoms with Gasteiger partial charge in [-0.2, -0.15) is 0 Å². The standard InChI is InChI=1S/C17H17NO3S/c1-10-12(8-14(22-10)16(20)21)15(19)18-17(2)9-13(17)11-6-4-3-5-7-11/h3-8,13H,9H2,1-2H3,(H,18,19)(H,20,21)/t13-,17+/m1/s1. The third-order valence-electron chi connectivity index (χ3n) is 4.21. The average Bonchev–Trinajstić information content (AvgIpc) is 2.97.